The molecule has 0 radical (unpaired) electrons. The summed E-state index contributed by atoms with van der Waals surface area (Å²) in [6.45, 7) is 2.93. The van der Waals surface area contributed by atoms with Crippen molar-refractivity contribution in [3.05, 3.63) is 47.0 Å². The molecule has 0 aliphatic carbocycles. The second-order valence-electron chi connectivity index (χ2n) is 4.53. The highest BCUT2D eigenvalue weighted by Crippen LogP contribution is 2.26. The van der Waals surface area contributed by atoms with Crippen molar-refractivity contribution in [1.29, 1.82) is 0 Å². The summed E-state index contributed by atoms with van der Waals surface area (Å²) in [6.07, 6.45) is 3.49. The van der Waals surface area contributed by atoms with Crippen LogP contribution in [-0.2, 0) is 6.54 Å². The van der Waals surface area contributed by atoms with Crippen LogP contribution in [0.4, 0.5) is 0 Å². The Labute approximate surface area is 108 Å². The number of H-pyrrole nitrogens is 1. The molecule has 0 saturated carbocycles. The number of fused-ring (bicyclic) bond motifs is 5. The number of benzene rings is 1. The SMILES string of the molecule is CCn1c2ccccc2c2[nH]c(=O)c3nccn3c21. The number of hydrogen-bond acceptors (Lipinski definition) is 2. The lowest BCUT2D eigenvalue weighted by Crippen LogP contribution is -2.11. The van der Waals surface area contributed by atoms with Gasteiger partial charge >= 0.3 is 0 Å². The predicted molar refractivity (Wildman–Crippen MR) is 74.5 cm³/mol. The summed E-state index contributed by atoms with van der Waals surface area (Å²) in [6, 6.07) is 8.09. The van der Waals surface area contributed by atoms with Gasteiger partial charge in [0.1, 0.15) is 5.65 Å². The number of nitrogens with zero attached hydrogens (tertiary/aromatic N) is 3. The summed E-state index contributed by atoms with van der Waals surface area (Å²) in [5.74, 6) is 0. The molecular formula is C14H12N4O. The molecule has 3 aromatic heterocycles. The van der Waals surface area contributed by atoms with Crippen LogP contribution in [-0.4, -0.2) is 18.9 Å². The first-order chi connectivity index (χ1) is 9.31. The molecule has 94 valence electrons. The highest BCUT2D eigenvalue weighted by Gasteiger charge is 2.14. The zero-order valence-corrected chi connectivity index (χ0v) is 10.4. The zero-order chi connectivity index (χ0) is 13.0. The highest BCUT2D eigenvalue weighted by molar-refractivity contribution is 6.04. The van der Waals surface area contributed by atoms with Crippen LogP contribution in [0.2, 0.25) is 0 Å². The van der Waals surface area contributed by atoms with Crippen LogP contribution in [0.15, 0.2) is 41.5 Å². The van der Waals surface area contributed by atoms with Crippen LogP contribution in [0.25, 0.3) is 27.7 Å². The van der Waals surface area contributed by atoms with Gasteiger partial charge in [0.05, 0.1) is 11.0 Å². The van der Waals surface area contributed by atoms with Crippen molar-refractivity contribution in [2.45, 2.75) is 13.5 Å². The molecule has 0 aliphatic heterocycles. The second-order valence-corrected chi connectivity index (χ2v) is 4.53. The summed E-state index contributed by atoms with van der Waals surface area (Å²) >= 11 is 0. The van der Waals surface area contributed by atoms with E-state index in [0.717, 1.165) is 28.6 Å². The van der Waals surface area contributed by atoms with Gasteiger partial charge in [0.2, 0.25) is 5.65 Å². The maximum atomic E-state index is 12.0. The van der Waals surface area contributed by atoms with Crippen molar-refractivity contribution in [3.8, 4) is 0 Å². The van der Waals surface area contributed by atoms with Crippen molar-refractivity contribution in [3.63, 3.8) is 0 Å². The first-order valence-corrected chi connectivity index (χ1v) is 6.27. The average Bonchev–Trinajstić information content (AvgIpc) is 3.01. The van der Waals surface area contributed by atoms with Gasteiger partial charge in [-0.3, -0.25) is 9.20 Å². The van der Waals surface area contributed by atoms with Crippen LogP contribution in [0.5, 0.6) is 0 Å². The number of rotatable bonds is 1. The fourth-order valence-electron chi connectivity index (χ4n) is 2.80. The lowest BCUT2D eigenvalue weighted by molar-refractivity contribution is 0.808. The molecule has 4 aromatic rings. The normalized spacial score (nSPS) is 11.8. The third-order valence-corrected chi connectivity index (χ3v) is 3.57. The van der Waals surface area contributed by atoms with Crippen LogP contribution in [0, 0.1) is 0 Å². The Morgan fingerprint density at radius 3 is 3.00 bits per heavy atom. The van der Waals surface area contributed by atoms with E-state index in [-0.39, 0.29) is 5.56 Å². The fourth-order valence-corrected chi connectivity index (χ4v) is 2.80. The summed E-state index contributed by atoms with van der Waals surface area (Å²) in [7, 11) is 0. The van der Waals surface area contributed by atoms with E-state index in [2.05, 4.69) is 27.5 Å². The molecule has 5 heteroatoms. The van der Waals surface area contributed by atoms with Gasteiger partial charge in [-0.25, -0.2) is 4.98 Å². The Hall–Kier alpha value is -2.56. The van der Waals surface area contributed by atoms with Gasteiger partial charge in [-0.15, -0.1) is 0 Å². The maximum Gasteiger partial charge on any atom is 0.292 e. The van der Waals surface area contributed by atoms with Crippen molar-refractivity contribution in [2.75, 3.05) is 0 Å². The minimum absolute atomic E-state index is 0.156. The van der Waals surface area contributed by atoms with E-state index in [4.69, 9.17) is 0 Å². The summed E-state index contributed by atoms with van der Waals surface area (Å²) < 4.78 is 4.05. The van der Waals surface area contributed by atoms with E-state index < -0.39 is 0 Å². The third-order valence-electron chi connectivity index (χ3n) is 3.57. The van der Waals surface area contributed by atoms with Crippen LogP contribution >= 0.6 is 0 Å². The number of nitrogens with one attached hydrogen (secondary N) is 1. The largest absolute Gasteiger partial charge is 0.325 e. The standard InChI is InChI=1S/C14H12N4O/c1-2-17-10-6-4-3-5-9(10)11-14(17)18-8-7-15-12(18)13(19)16-11/h3-8H,2H2,1H3,(H,16,19). The molecule has 0 aliphatic rings. The molecule has 1 aromatic carbocycles. The number of para-hydroxylation sites is 1. The first-order valence-electron chi connectivity index (χ1n) is 6.27. The Balaban J connectivity index is 2.44. The van der Waals surface area contributed by atoms with E-state index in [1.807, 2.05) is 28.8 Å². The molecule has 0 spiro atoms. The smallest absolute Gasteiger partial charge is 0.292 e. The van der Waals surface area contributed by atoms with Crippen molar-refractivity contribution in [2.24, 2.45) is 0 Å². The predicted octanol–water partition coefficient (Wildman–Crippen LogP) is 2.15. The number of aromatic amines is 1. The van der Waals surface area contributed by atoms with Gasteiger partial charge in [0.15, 0.2) is 0 Å². The molecule has 0 fully saturated rings. The van der Waals surface area contributed by atoms with Gasteiger partial charge in [-0.1, -0.05) is 18.2 Å². The zero-order valence-electron chi connectivity index (χ0n) is 10.4. The van der Waals surface area contributed by atoms with Crippen molar-refractivity contribution >= 4 is 27.7 Å². The summed E-state index contributed by atoms with van der Waals surface area (Å²) in [5, 5.41) is 1.06. The molecule has 0 bridgehead atoms. The number of aromatic nitrogens is 4. The van der Waals surface area contributed by atoms with Crippen LogP contribution in [0.1, 0.15) is 6.92 Å². The molecule has 1 N–H and O–H groups in total. The van der Waals surface area contributed by atoms with Gasteiger partial charge in [0.25, 0.3) is 5.56 Å². The number of aryl methyl sites for hydroxylation is 1. The Morgan fingerprint density at radius 1 is 1.32 bits per heavy atom. The van der Waals surface area contributed by atoms with Gasteiger partial charge in [-0.05, 0) is 13.0 Å². The molecule has 0 amide bonds. The fraction of sp³-hybridized carbons (Fsp3) is 0.143. The molecule has 0 unspecified atom stereocenters. The number of hydrogen-bond donors (Lipinski definition) is 1. The van der Waals surface area contributed by atoms with Gasteiger partial charge in [0, 0.05) is 24.3 Å². The molecule has 3 heterocycles. The van der Waals surface area contributed by atoms with Crippen LogP contribution in [0.3, 0.4) is 0 Å². The molecule has 0 atom stereocenters. The quantitative estimate of drug-likeness (QED) is 0.564. The lowest BCUT2D eigenvalue weighted by Gasteiger charge is -2.04. The highest BCUT2D eigenvalue weighted by atomic mass is 16.1. The Morgan fingerprint density at radius 2 is 2.16 bits per heavy atom. The minimum Gasteiger partial charge on any atom is -0.325 e. The van der Waals surface area contributed by atoms with E-state index >= 15 is 0 Å². The van der Waals surface area contributed by atoms with Gasteiger partial charge < -0.3 is 9.55 Å². The monoisotopic (exact) mass is 252 g/mol. The molecule has 19 heavy (non-hydrogen) atoms. The van der Waals surface area contributed by atoms with Gasteiger partial charge in [-0.2, -0.15) is 0 Å². The number of imidazole rings is 1. The lowest BCUT2D eigenvalue weighted by atomic mass is 10.2. The first kappa shape index (κ1) is 10.4. The van der Waals surface area contributed by atoms with Crippen LogP contribution < -0.4 is 5.56 Å². The Bertz CT molecular complexity index is 974. The molecule has 0 saturated heterocycles. The average molecular weight is 252 g/mol. The second kappa shape index (κ2) is 3.47. The van der Waals surface area contributed by atoms with Crippen molar-refractivity contribution in [1.82, 2.24) is 18.9 Å². The molecular weight excluding hydrogens is 240 g/mol. The third kappa shape index (κ3) is 1.19. The molecule has 5 nitrogen and oxygen atoms in total. The summed E-state index contributed by atoms with van der Waals surface area (Å²) in [5.41, 5.74) is 3.25. The summed E-state index contributed by atoms with van der Waals surface area (Å²) in [4.78, 5) is 19.1. The maximum absolute atomic E-state index is 12.0. The van der Waals surface area contributed by atoms with E-state index in [9.17, 15) is 4.79 Å². The minimum atomic E-state index is -0.156. The van der Waals surface area contributed by atoms with E-state index in [1.165, 1.54) is 0 Å². The van der Waals surface area contributed by atoms with Crippen molar-refractivity contribution < 1.29 is 0 Å². The Kier molecular flexibility index (Phi) is 1.90. The topological polar surface area (TPSA) is 55.1 Å². The molecule has 4 rings (SSSR count). The van der Waals surface area contributed by atoms with E-state index in [1.54, 1.807) is 6.20 Å². The van der Waals surface area contributed by atoms with E-state index in [0.29, 0.717) is 5.65 Å².